The molecule has 0 fully saturated rings. The Morgan fingerprint density at radius 2 is 2.00 bits per heavy atom. The van der Waals surface area contributed by atoms with Gasteiger partial charge in [-0.15, -0.1) is 11.8 Å². The van der Waals surface area contributed by atoms with Crippen LogP contribution in [0.4, 0.5) is 5.69 Å². The predicted molar refractivity (Wildman–Crippen MR) is 85.0 cm³/mol. The summed E-state index contributed by atoms with van der Waals surface area (Å²) in [4.78, 5) is 24.5. The number of hydrogen-bond acceptors (Lipinski definition) is 5. The zero-order chi connectivity index (χ0) is 15.8. The first-order chi connectivity index (χ1) is 9.93. The Hall–Kier alpha value is -1.69. The molecule has 1 aromatic rings. The van der Waals surface area contributed by atoms with E-state index in [1.165, 1.54) is 18.9 Å². The number of carbonyl (C=O) groups is 2. The highest BCUT2D eigenvalue weighted by molar-refractivity contribution is 8.00. The normalized spacial score (nSPS) is 12.0. The van der Waals surface area contributed by atoms with Crippen LogP contribution in [0.25, 0.3) is 0 Å². The van der Waals surface area contributed by atoms with E-state index in [0.29, 0.717) is 12.1 Å². The van der Waals surface area contributed by atoms with Gasteiger partial charge < -0.3 is 15.8 Å². The fourth-order valence-corrected chi connectivity index (χ4v) is 2.60. The Bertz CT molecular complexity index is 492. The lowest BCUT2D eigenvalue weighted by molar-refractivity contribution is -0.145. The van der Waals surface area contributed by atoms with E-state index in [1.807, 2.05) is 32.0 Å². The van der Waals surface area contributed by atoms with Crippen LogP contribution in [0, 0.1) is 5.92 Å². The minimum Gasteiger partial charge on any atom is -0.467 e. The Morgan fingerprint density at radius 1 is 1.33 bits per heavy atom. The Morgan fingerprint density at radius 3 is 2.57 bits per heavy atom. The maximum Gasteiger partial charge on any atom is 0.328 e. The number of nitrogen functional groups attached to an aromatic ring is 1. The molecule has 0 aromatic heterocycles. The molecule has 1 amide bonds. The molecule has 0 saturated carbocycles. The Balaban J connectivity index is 2.54. The van der Waals surface area contributed by atoms with Gasteiger partial charge in [-0.25, -0.2) is 4.79 Å². The van der Waals surface area contributed by atoms with Gasteiger partial charge in [-0.2, -0.15) is 0 Å². The van der Waals surface area contributed by atoms with Crippen LogP contribution in [0.5, 0.6) is 0 Å². The summed E-state index contributed by atoms with van der Waals surface area (Å²) < 4.78 is 4.72. The summed E-state index contributed by atoms with van der Waals surface area (Å²) >= 11 is 1.35. The number of rotatable bonds is 7. The average molecular weight is 310 g/mol. The minimum absolute atomic E-state index is 0.208. The number of nitrogens with two attached hydrogens (primary N) is 1. The lowest BCUT2D eigenvalue weighted by atomic mass is 10.0. The van der Waals surface area contributed by atoms with Gasteiger partial charge in [0.25, 0.3) is 0 Å². The second-order valence-electron chi connectivity index (χ2n) is 5.10. The van der Waals surface area contributed by atoms with E-state index in [1.54, 1.807) is 6.07 Å². The fraction of sp³-hybridized carbons (Fsp3) is 0.467. The molecule has 0 bridgehead atoms. The zero-order valence-corrected chi connectivity index (χ0v) is 13.4. The number of thioether (sulfide) groups is 1. The van der Waals surface area contributed by atoms with Gasteiger partial charge >= 0.3 is 5.97 Å². The Labute approximate surface area is 129 Å². The Kier molecular flexibility index (Phi) is 7.08. The molecule has 1 rings (SSSR count). The van der Waals surface area contributed by atoms with Crippen LogP contribution in [-0.4, -0.2) is 30.8 Å². The third kappa shape index (κ3) is 6.08. The topological polar surface area (TPSA) is 81.4 Å². The van der Waals surface area contributed by atoms with Crippen molar-refractivity contribution in [3.63, 3.8) is 0 Å². The van der Waals surface area contributed by atoms with Crippen molar-refractivity contribution in [2.45, 2.75) is 31.2 Å². The summed E-state index contributed by atoms with van der Waals surface area (Å²) in [5.41, 5.74) is 6.46. The highest BCUT2D eigenvalue weighted by atomic mass is 32.2. The van der Waals surface area contributed by atoms with Crippen molar-refractivity contribution in [3.8, 4) is 0 Å². The van der Waals surface area contributed by atoms with Crippen LogP contribution >= 0.6 is 11.8 Å². The molecule has 0 saturated heterocycles. The molecule has 21 heavy (non-hydrogen) atoms. The summed E-state index contributed by atoms with van der Waals surface area (Å²) in [6.45, 7) is 3.98. The number of esters is 1. The summed E-state index contributed by atoms with van der Waals surface area (Å²) in [5, 5.41) is 2.71. The van der Waals surface area contributed by atoms with Crippen molar-refractivity contribution < 1.29 is 14.3 Å². The SMILES string of the molecule is COC(=O)C(CC(C)C)NC(=O)CSc1ccccc1N. The zero-order valence-electron chi connectivity index (χ0n) is 12.6. The number of carbonyl (C=O) groups excluding carboxylic acids is 2. The number of anilines is 1. The molecular formula is C15H22N2O3S. The molecule has 0 heterocycles. The van der Waals surface area contributed by atoms with E-state index in [2.05, 4.69) is 5.32 Å². The van der Waals surface area contributed by atoms with Gasteiger partial charge in [0.2, 0.25) is 5.91 Å². The highest BCUT2D eigenvalue weighted by Gasteiger charge is 2.22. The van der Waals surface area contributed by atoms with E-state index >= 15 is 0 Å². The molecule has 1 unspecified atom stereocenters. The van der Waals surface area contributed by atoms with Crippen LogP contribution in [0.15, 0.2) is 29.2 Å². The average Bonchev–Trinajstić information content (AvgIpc) is 2.44. The van der Waals surface area contributed by atoms with E-state index in [0.717, 1.165) is 4.90 Å². The van der Waals surface area contributed by atoms with Gasteiger partial charge in [0.05, 0.1) is 12.9 Å². The monoisotopic (exact) mass is 310 g/mol. The van der Waals surface area contributed by atoms with E-state index < -0.39 is 12.0 Å². The number of amides is 1. The largest absolute Gasteiger partial charge is 0.467 e. The molecule has 3 N–H and O–H groups in total. The van der Waals surface area contributed by atoms with Gasteiger partial charge in [0.1, 0.15) is 6.04 Å². The second-order valence-corrected chi connectivity index (χ2v) is 6.12. The van der Waals surface area contributed by atoms with Gasteiger partial charge in [0.15, 0.2) is 0 Å². The molecule has 1 aromatic carbocycles. The standard InChI is InChI=1S/C15H22N2O3S/c1-10(2)8-12(15(19)20-3)17-14(18)9-21-13-7-5-4-6-11(13)16/h4-7,10,12H,8-9,16H2,1-3H3,(H,17,18). The van der Waals surface area contributed by atoms with Crippen LogP contribution in [0.3, 0.4) is 0 Å². The van der Waals surface area contributed by atoms with Gasteiger partial charge in [-0.3, -0.25) is 4.79 Å². The first-order valence-corrected chi connectivity index (χ1v) is 7.77. The van der Waals surface area contributed by atoms with Crippen LogP contribution in [0.2, 0.25) is 0 Å². The number of methoxy groups -OCH3 is 1. The van der Waals surface area contributed by atoms with Crippen LogP contribution in [0.1, 0.15) is 20.3 Å². The first kappa shape index (κ1) is 17.4. The van der Waals surface area contributed by atoms with E-state index in [-0.39, 0.29) is 17.6 Å². The predicted octanol–water partition coefficient (Wildman–Crippen LogP) is 2.06. The number of para-hydroxylation sites is 1. The molecule has 6 heteroatoms. The van der Waals surface area contributed by atoms with Crippen molar-refractivity contribution in [2.24, 2.45) is 5.92 Å². The summed E-state index contributed by atoms with van der Waals surface area (Å²) in [5.74, 6) is -0.132. The van der Waals surface area contributed by atoms with Gasteiger partial charge in [-0.05, 0) is 24.5 Å². The second kappa shape index (κ2) is 8.56. The molecular weight excluding hydrogens is 288 g/mol. The number of benzene rings is 1. The van der Waals surface area contributed by atoms with Crippen molar-refractivity contribution >= 4 is 29.3 Å². The molecule has 116 valence electrons. The molecule has 0 aliphatic carbocycles. The van der Waals surface area contributed by atoms with Gasteiger partial charge in [0, 0.05) is 10.6 Å². The van der Waals surface area contributed by atoms with Gasteiger partial charge in [-0.1, -0.05) is 26.0 Å². The van der Waals surface area contributed by atoms with Crippen molar-refractivity contribution in [2.75, 3.05) is 18.6 Å². The van der Waals surface area contributed by atoms with E-state index in [4.69, 9.17) is 10.5 Å². The van der Waals surface area contributed by atoms with Crippen molar-refractivity contribution in [1.82, 2.24) is 5.32 Å². The van der Waals surface area contributed by atoms with Crippen LogP contribution in [-0.2, 0) is 14.3 Å². The number of ether oxygens (including phenoxy) is 1. The number of nitrogens with one attached hydrogen (secondary N) is 1. The molecule has 5 nitrogen and oxygen atoms in total. The molecule has 0 aliphatic rings. The highest BCUT2D eigenvalue weighted by Crippen LogP contribution is 2.24. The fourth-order valence-electron chi connectivity index (χ4n) is 1.82. The molecule has 0 spiro atoms. The maximum absolute atomic E-state index is 12.0. The lowest BCUT2D eigenvalue weighted by Gasteiger charge is -2.18. The quantitative estimate of drug-likeness (QED) is 0.458. The summed E-state index contributed by atoms with van der Waals surface area (Å²) in [6, 6.07) is 6.76. The lowest BCUT2D eigenvalue weighted by Crippen LogP contribution is -2.43. The molecule has 0 aliphatic heterocycles. The minimum atomic E-state index is -0.601. The summed E-state index contributed by atoms with van der Waals surface area (Å²) in [6.07, 6.45) is 0.552. The smallest absolute Gasteiger partial charge is 0.328 e. The van der Waals surface area contributed by atoms with Crippen LogP contribution < -0.4 is 11.1 Å². The maximum atomic E-state index is 12.0. The van der Waals surface area contributed by atoms with Crippen molar-refractivity contribution in [1.29, 1.82) is 0 Å². The van der Waals surface area contributed by atoms with E-state index in [9.17, 15) is 9.59 Å². The summed E-state index contributed by atoms with van der Waals surface area (Å²) in [7, 11) is 1.32. The molecule has 1 atom stereocenters. The van der Waals surface area contributed by atoms with Crippen molar-refractivity contribution in [3.05, 3.63) is 24.3 Å². The first-order valence-electron chi connectivity index (χ1n) is 6.78. The third-order valence-corrected chi connectivity index (χ3v) is 3.90. The molecule has 0 radical (unpaired) electrons. The third-order valence-electron chi connectivity index (χ3n) is 2.81. The number of hydrogen-bond donors (Lipinski definition) is 2.